The van der Waals surface area contributed by atoms with E-state index in [9.17, 15) is 4.79 Å². The van der Waals surface area contributed by atoms with Crippen molar-refractivity contribution in [1.82, 2.24) is 24.8 Å². The van der Waals surface area contributed by atoms with Gasteiger partial charge in [-0.1, -0.05) is 6.07 Å². The lowest BCUT2D eigenvalue weighted by Gasteiger charge is -2.43. The summed E-state index contributed by atoms with van der Waals surface area (Å²) in [6.07, 6.45) is 4.32. The average molecular weight is 521 g/mol. The van der Waals surface area contributed by atoms with Gasteiger partial charge in [-0.2, -0.15) is 0 Å². The number of halogens is 1. The molecule has 7 rings (SSSR count). The number of amides is 1. The highest BCUT2D eigenvalue weighted by molar-refractivity contribution is 5.85. The van der Waals surface area contributed by atoms with Crippen LogP contribution in [0.5, 0.6) is 5.88 Å². The minimum absolute atomic E-state index is 0.0503. The van der Waals surface area contributed by atoms with Gasteiger partial charge in [0.1, 0.15) is 17.4 Å². The number of nitrogens with one attached hydrogen (secondary N) is 1. The Balaban J connectivity index is 1.16. The van der Waals surface area contributed by atoms with Gasteiger partial charge in [0.15, 0.2) is 0 Å². The van der Waals surface area contributed by atoms with Gasteiger partial charge >= 0.3 is 0 Å². The maximum Gasteiger partial charge on any atom is 0.241 e. The summed E-state index contributed by atoms with van der Waals surface area (Å²) in [5, 5.41) is 2.89. The predicted octanol–water partition coefficient (Wildman–Crippen LogP) is 3.00. The van der Waals surface area contributed by atoms with Gasteiger partial charge in [-0.25, -0.2) is 14.4 Å². The molecule has 0 radical (unpaired) electrons. The number of carbonyl (C=O) groups excluding carboxylic acids is 1. The van der Waals surface area contributed by atoms with Gasteiger partial charge in [0.25, 0.3) is 0 Å². The number of nitrogens with zero attached hydrogens (tertiary/aromatic N) is 5. The maximum absolute atomic E-state index is 15.4. The quantitative estimate of drug-likeness (QED) is 0.513. The Kier molecular flexibility index (Phi) is 5.96. The zero-order valence-electron chi connectivity index (χ0n) is 21.6. The van der Waals surface area contributed by atoms with Crippen LogP contribution in [0, 0.1) is 11.7 Å². The van der Waals surface area contributed by atoms with Crippen molar-refractivity contribution < 1.29 is 18.7 Å². The molecule has 2 atom stereocenters. The van der Waals surface area contributed by atoms with Crippen LogP contribution in [-0.4, -0.2) is 83.4 Å². The minimum atomic E-state index is -0.250. The van der Waals surface area contributed by atoms with E-state index in [1.807, 2.05) is 31.5 Å². The second-order valence-electron chi connectivity index (χ2n) is 11.0. The first kappa shape index (κ1) is 23.8. The Labute approximate surface area is 220 Å². The maximum atomic E-state index is 15.4. The molecule has 0 spiro atoms. The van der Waals surface area contributed by atoms with Crippen molar-refractivity contribution in [2.75, 3.05) is 50.8 Å². The van der Waals surface area contributed by atoms with E-state index in [1.54, 1.807) is 6.07 Å². The highest BCUT2D eigenvalue weighted by atomic mass is 19.1. The molecule has 3 saturated heterocycles. The molecule has 9 nitrogen and oxygen atoms in total. The van der Waals surface area contributed by atoms with Crippen LogP contribution in [-0.2, 0) is 9.53 Å². The lowest BCUT2D eigenvalue weighted by atomic mass is 10.0. The summed E-state index contributed by atoms with van der Waals surface area (Å²) in [6.45, 7) is 7.61. The normalized spacial score (nSPS) is 23.5. The summed E-state index contributed by atoms with van der Waals surface area (Å²) >= 11 is 0. The Morgan fingerprint density at radius 1 is 1.13 bits per heavy atom. The van der Waals surface area contributed by atoms with Crippen LogP contribution in [0.25, 0.3) is 22.3 Å². The number of carbonyl (C=O) groups is 1. The van der Waals surface area contributed by atoms with Gasteiger partial charge in [0.2, 0.25) is 11.8 Å². The largest absolute Gasteiger partial charge is 0.473 e. The summed E-state index contributed by atoms with van der Waals surface area (Å²) in [4.78, 5) is 25.9. The van der Waals surface area contributed by atoms with Gasteiger partial charge in [0.05, 0.1) is 42.5 Å². The number of hydrogen-bond acceptors (Lipinski definition) is 7. The second kappa shape index (κ2) is 9.50. The highest BCUT2D eigenvalue weighted by Crippen LogP contribution is 2.40. The summed E-state index contributed by atoms with van der Waals surface area (Å²) < 4.78 is 29.3. The molecular weight excluding hydrogens is 487 g/mol. The Morgan fingerprint density at radius 3 is 2.61 bits per heavy atom. The molecule has 2 unspecified atom stereocenters. The van der Waals surface area contributed by atoms with E-state index in [4.69, 9.17) is 14.5 Å². The van der Waals surface area contributed by atoms with Crippen LogP contribution in [0.3, 0.4) is 0 Å². The predicted molar refractivity (Wildman–Crippen MR) is 141 cm³/mol. The number of imidazole rings is 1. The van der Waals surface area contributed by atoms with Crippen LogP contribution in [0.4, 0.5) is 10.1 Å². The SMILES string of the molecule is CC(Oc1nc(-c2ccc(N3CCN(C4COC4)CC3)c(F)c2)cc2ncn(C3CC3)c12)C1CNC(=O)C1. The van der Waals surface area contributed by atoms with E-state index in [2.05, 4.69) is 24.7 Å². The monoisotopic (exact) mass is 520 g/mol. The average Bonchev–Trinajstić information content (AvgIpc) is 3.48. The number of hydrogen-bond donors (Lipinski definition) is 1. The van der Waals surface area contributed by atoms with Crippen LogP contribution >= 0.6 is 0 Å². The fourth-order valence-electron chi connectivity index (χ4n) is 5.80. The van der Waals surface area contributed by atoms with Gasteiger partial charge < -0.3 is 24.3 Å². The van der Waals surface area contributed by atoms with E-state index >= 15 is 4.39 Å². The number of aromatic nitrogens is 3. The lowest BCUT2D eigenvalue weighted by Crippen LogP contribution is -2.56. The number of ether oxygens (including phenoxy) is 2. The van der Waals surface area contributed by atoms with E-state index in [-0.39, 0.29) is 23.7 Å². The first-order valence-electron chi connectivity index (χ1n) is 13.7. The first-order chi connectivity index (χ1) is 18.5. The van der Waals surface area contributed by atoms with Crippen molar-refractivity contribution in [3.63, 3.8) is 0 Å². The van der Waals surface area contributed by atoms with E-state index < -0.39 is 0 Å². The number of pyridine rings is 1. The Hall–Kier alpha value is -3.24. The molecule has 1 saturated carbocycles. The summed E-state index contributed by atoms with van der Waals surface area (Å²) in [7, 11) is 0. The van der Waals surface area contributed by atoms with E-state index in [0.717, 1.165) is 63.3 Å². The zero-order chi connectivity index (χ0) is 25.8. The Morgan fingerprint density at radius 2 is 1.95 bits per heavy atom. The summed E-state index contributed by atoms with van der Waals surface area (Å²) in [5.74, 6) is 0.373. The molecular formula is C28H33FN6O3. The summed E-state index contributed by atoms with van der Waals surface area (Å²) in [5.41, 5.74) is 3.59. The van der Waals surface area contributed by atoms with Crippen molar-refractivity contribution in [2.45, 2.75) is 44.4 Å². The van der Waals surface area contributed by atoms with E-state index in [0.29, 0.717) is 47.9 Å². The van der Waals surface area contributed by atoms with Crippen LogP contribution in [0.2, 0.25) is 0 Å². The van der Waals surface area contributed by atoms with E-state index in [1.165, 1.54) is 0 Å². The number of benzene rings is 1. The zero-order valence-corrected chi connectivity index (χ0v) is 21.6. The third-order valence-electron chi connectivity index (χ3n) is 8.47. The molecule has 10 heteroatoms. The number of rotatable bonds is 7. The Bertz CT molecular complexity index is 1360. The van der Waals surface area contributed by atoms with Crippen molar-refractivity contribution in [3.05, 3.63) is 36.4 Å². The van der Waals surface area contributed by atoms with Gasteiger partial charge in [-0.3, -0.25) is 9.69 Å². The topological polar surface area (TPSA) is 84.8 Å². The molecule has 1 amide bonds. The van der Waals surface area contributed by atoms with Crippen molar-refractivity contribution in [1.29, 1.82) is 0 Å². The van der Waals surface area contributed by atoms with Crippen LogP contribution in [0.15, 0.2) is 30.6 Å². The van der Waals surface area contributed by atoms with Crippen molar-refractivity contribution in [2.24, 2.45) is 5.92 Å². The molecule has 2 aromatic heterocycles. The molecule has 1 N–H and O–H groups in total. The van der Waals surface area contributed by atoms with Gasteiger partial charge in [0, 0.05) is 56.7 Å². The molecule has 3 aliphatic heterocycles. The molecule has 4 fully saturated rings. The summed E-state index contributed by atoms with van der Waals surface area (Å²) in [6, 6.07) is 8.21. The lowest BCUT2D eigenvalue weighted by molar-refractivity contribution is -0.119. The van der Waals surface area contributed by atoms with Crippen molar-refractivity contribution >= 4 is 22.6 Å². The third kappa shape index (κ3) is 4.39. The molecule has 3 aromatic rings. The van der Waals surface area contributed by atoms with Crippen LogP contribution < -0.4 is 15.0 Å². The number of anilines is 1. The van der Waals surface area contributed by atoms with Gasteiger partial charge in [-0.15, -0.1) is 0 Å². The minimum Gasteiger partial charge on any atom is -0.473 e. The van der Waals surface area contributed by atoms with Gasteiger partial charge in [-0.05, 0) is 38.0 Å². The number of piperazine rings is 1. The fraction of sp³-hybridized carbons (Fsp3) is 0.536. The molecule has 5 heterocycles. The molecule has 0 bridgehead atoms. The second-order valence-corrected chi connectivity index (χ2v) is 11.0. The number of fused-ring (bicyclic) bond motifs is 1. The third-order valence-corrected chi connectivity index (χ3v) is 8.47. The smallest absolute Gasteiger partial charge is 0.241 e. The molecule has 200 valence electrons. The molecule has 4 aliphatic rings. The van der Waals surface area contributed by atoms with Crippen LogP contribution in [0.1, 0.15) is 32.2 Å². The molecule has 1 aliphatic carbocycles. The molecule has 38 heavy (non-hydrogen) atoms. The highest BCUT2D eigenvalue weighted by Gasteiger charge is 2.32. The standard InChI is InChI=1S/C28H33FN6O3/c1-17(19-11-26(36)30-13-19)38-28-27-24(31-16-35(27)20-3-4-20)12-23(32-28)18-2-5-25(22(29)10-18)34-8-6-33(7-9-34)21-14-37-15-21/h2,5,10,12,16-17,19-21H,3-4,6-9,11,13-15H2,1H3,(H,30,36). The fourth-order valence-corrected chi connectivity index (χ4v) is 5.80. The van der Waals surface area contributed by atoms with Crippen molar-refractivity contribution in [3.8, 4) is 17.1 Å². The molecule has 1 aromatic carbocycles. The first-order valence-corrected chi connectivity index (χ1v) is 13.7.